The maximum Gasteiger partial charge on any atom is 0.417 e. The van der Waals surface area contributed by atoms with Gasteiger partial charge >= 0.3 is 6.18 Å². The second kappa shape index (κ2) is 7.63. The summed E-state index contributed by atoms with van der Waals surface area (Å²) < 4.78 is 79.4. The SMILES string of the molecule is O=C(c1ccc(F)cc1)C1CCCN(S(=O)(=O)c2ccccc2C(F)(F)F)C1. The van der Waals surface area contributed by atoms with Gasteiger partial charge in [-0.25, -0.2) is 12.8 Å². The minimum Gasteiger partial charge on any atom is -0.294 e. The van der Waals surface area contributed by atoms with Gasteiger partial charge in [0.1, 0.15) is 5.82 Å². The van der Waals surface area contributed by atoms with Gasteiger partial charge in [-0.3, -0.25) is 4.79 Å². The number of ketones is 1. The van der Waals surface area contributed by atoms with Crippen molar-refractivity contribution in [3.63, 3.8) is 0 Å². The van der Waals surface area contributed by atoms with Crippen molar-refractivity contribution in [2.75, 3.05) is 13.1 Å². The van der Waals surface area contributed by atoms with Gasteiger partial charge in [0.2, 0.25) is 10.0 Å². The Balaban J connectivity index is 1.88. The summed E-state index contributed by atoms with van der Waals surface area (Å²) in [5, 5.41) is 0. The van der Waals surface area contributed by atoms with Gasteiger partial charge in [-0.05, 0) is 49.2 Å². The van der Waals surface area contributed by atoms with Gasteiger partial charge in [0.15, 0.2) is 5.78 Å². The molecule has 0 bridgehead atoms. The second-order valence-corrected chi connectivity index (χ2v) is 8.47. The van der Waals surface area contributed by atoms with Crippen molar-refractivity contribution < 1.29 is 30.8 Å². The lowest BCUT2D eigenvalue weighted by Crippen LogP contribution is -2.42. The van der Waals surface area contributed by atoms with Gasteiger partial charge in [0.25, 0.3) is 0 Å². The molecule has 0 aromatic heterocycles. The largest absolute Gasteiger partial charge is 0.417 e. The van der Waals surface area contributed by atoms with E-state index in [9.17, 15) is 30.8 Å². The third-order valence-electron chi connectivity index (χ3n) is 4.69. The number of carbonyl (C=O) groups excluding carboxylic acids is 1. The number of carbonyl (C=O) groups is 1. The number of piperidine rings is 1. The van der Waals surface area contributed by atoms with E-state index < -0.39 is 38.4 Å². The fraction of sp³-hybridized carbons (Fsp3) is 0.316. The monoisotopic (exact) mass is 415 g/mol. The van der Waals surface area contributed by atoms with Crippen LogP contribution in [0.15, 0.2) is 53.4 Å². The van der Waals surface area contributed by atoms with Crippen LogP contribution in [0.25, 0.3) is 0 Å². The van der Waals surface area contributed by atoms with Gasteiger partial charge in [-0.15, -0.1) is 0 Å². The minimum atomic E-state index is -4.82. The molecule has 150 valence electrons. The van der Waals surface area contributed by atoms with Crippen LogP contribution in [-0.4, -0.2) is 31.6 Å². The third kappa shape index (κ3) is 4.10. The molecule has 2 aromatic rings. The molecule has 0 radical (unpaired) electrons. The van der Waals surface area contributed by atoms with Crippen LogP contribution in [0.5, 0.6) is 0 Å². The van der Waals surface area contributed by atoms with Crippen LogP contribution in [0.2, 0.25) is 0 Å². The molecule has 9 heteroatoms. The summed E-state index contributed by atoms with van der Waals surface area (Å²) in [6.07, 6.45) is -4.07. The van der Waals surface area contributed by atoms with E-state index in [1.54, 1.807) is 0 Å². The number of hydrogen-bond donors (Lipinski definition) is 0. The Bertz CT molecular complexity index is 971. The highest BCUT2D eigenvalue weighted by molar-refractivity contribution is 7.89. The third-order valence-corrected chi connectivity index (χ3v) is 6.62. The molecule has 0 N–H and O–H groups in total. The number of halogens is 4. The maximum atomic E-state index is 13.2. The summed E-state index contributed by atoms with van der Waals surface area (Å²) in [5.74, 6) is -1.57. The Morgan fingerprint density at radius 3 is 2.32 bits per heavy atom. The maximum absolute atomic E-state index is 13.2. The average molecular weight is 415 g/mol. The number of sulfonamides is 1. The molecule has 1 aliphatic rings. The molecule has 1 fully saturated rings. The number of nitrogens with zero attached hydrogens (tertiary/aromatic N) is 1. The van der Waals surface area contributed by atoms with Crippen LogP contribution in [0.1, 0.15) is 28.8 Å². The molecule has 0 saturated carbocycles. The summed E-state index contributed by atoms with van der Waals surface area (Å²) in [6, 6.07) is 8.87. The highest BCUT2D eigenvalue weighted by Crippen LogP contribution is 2.36. The Morgan fingerprint density at radius 1 is 1.04 bits per heavy atom. The predicted octanol–water partition coefficient (Wildman–Crippen LogP) is 4.13. The summed E-state index contributed by atoms with van der Waals surface area (Å²) in [5.41, 5.74) is -0.997. The van der Waals surface area contributed by atoms with Gasteiger partial charge in [0, 0.05) is 24.6 Å². The van der Waals surface area contributed by atoms with Gasteiger partial charge in [-0.1, -0.05) is 12.1 Å². The zero-order chi connectivity index (χ0) is 20.5. The Labute approximate surface area is 159 Å². The first-order chi connectivity index (χ1) is 13.1. The summed E-state index contributed by atoms with van der Waals surface area (Å²) in [7, 11) is -4.43. The highest BCUT2D eigenvalue weighted by Gasteiger charge is 2.40. The zero-order valence-corrected chi connectivity index (χ0v) is 15.4. The normalized spacial score (nSPS) is 18.8. The van der Waals surface area contributed by atoms with Crippen molar-refractivity contribution in [1.82, 2.24) is 4.31 Å². The molecule has 1 saturated heterocycles. The van der Waals surface area contributed by atoms with Crippen LogP contribution in [0, 0.1) is 11.7 Å². The number of hydrogen-bond acceptors (Lipinski definition) is 3. The van der Waals surface area contributed by atoms with E-state index in [4.69, 9.17) is 0 Å². The molecule has 4 nitrogen and oxygen atoms in total. The van der Waals surface area contributed by atoms with Gasteiger partial charge in [-0.2, -0.15) is 17.5 Å². The van der Waals surface area contributed by atoms with E-state index in [-0.39, 0.29) is 24.4 Å². The molecule has 1 heterocycles. The molecule has 28 heavy (non-hydrogen) atoms. The van der Waals surface area contributed by atoms with Crippen LogP contribution in [-0.2, 0) is 16.2 Å². The van der Waals surface area contributed by atoms with E-state index in [1.807, 2.05) is 0 Å². The van der Waals surface area contributed by atoms with Crippen LogP contribution in [0.4, 0.5) is 17.6 Å². The lowest BCUT2D eigenvalue weighted by atomic mass is 9.91. The molecule has 1 aliphatic heterocycles. The second-order valence-electron chi connectivity index (χ2n) is 6.57. The van der Waals surface area contributed by atoms with E-state index in [2.05, 4.69) is 0 Å². The van der Waals surface area contributed by atoms with Crippen molar-refractivity contribution in [2.24, 2.45) is 5.92 Å². The molecule has 0 spiro atoms. The molecular formula is C19H17F4NO3S. The highest BCUT2D eigenvalue weighted by atomic mass is 32.2. The number of rotatable bonds is 4. The number of alkyl halides is 3. The van der Waals surface area contributed by atoms with Crippen molar-refractivity contribution in [1.29, 1.82) is 0 Å². The van der Waals surface area contributed by atoms with Crippen molar-refractivity contribution in [3.8, 4) is 0 Å². The van der Waals surface area contributed by atoms with E-state index in [0.717, 1.165) is 34.6 Å². The molecule has 3 rings (SSSR count). The zero-order valence-electron chi connectivity index (χ0n) is 14.6. The van der Waals surface area contributed by atoms with Crippen LogP contribution in [0.3, 0.4) is 0 Å². The Morgan fingerprint density at radius 2 is 1.68 bits per heavy atom. The Kier molecular flexibility index (Phi) is 5.58. The van der Waals surface area contributed by atoms with Crippen LogP contribution >= 0.6 is 0 Å². The lowest BCUT2D eigenvalue weighted by molar-refractivity contribution is -0.139. The Hall–Kier alpha value is -2.26. The van der Waals surface area contributed by atoms with Gasteiger partial charge < -0.3 is 0 Å². The predicted molar refractivity (Wildman–Crippen MR) is 93.7 cm³/mol. The van der Waals surface area contributed by atoms with E-state index in [1.165, 1.54) is 18.2 Å². The standard InChI is InChI=1S/C19H17F4NO3S/c20-15-9-7-13(8-10-15)18(25)14-4-3-11-24(12-14)28(26,27)17-6-2-1-5-16(17)19(21,22)23/h1-2,5-10,14H,3-4,11-12H2. The minimum absolute atomic E-state index is 0.0295. The number of Topliss-reactive ketones (excluding diaryl/α,β-unsaturated/α-hetero) is 1. The molecule has 1 unspecified atom stereocenters. The number of benzene rings is 2. The molecule has 2 aromatic carbocycles. The first kappa shape index (κ1) is 20.5. The lowest BCUT2D eigenvalue weighted by Gasteiger charge is -2.31. The quantitative estimate of drug-likeness (QED) is 0.558. The summed E-state index contributed by atoms with van der Waals surface area (Å²) in [6.45, 7) is -0.188. The smallest absolute Gasteiger partial charge is 0.294 e. The van der Waals surface area contributed by atoms with E-state index >= 15 is 0 Å². The van der Waals surface area contributed by atoms with Crippen molar-refractivity contribution in [2.45, 2.75) is 23.9 Å². The molecule has 1 atom stereocenters. The molecule has 0 aliphatic carbocycles. The fourth-order valence-electron chi connectivity index (χ4n) is 3.29. The molecule has 0 amide bonds. The molecular weight excluding hydrogens is 398 g/mol. The van der Waals surface area contributed by atoms with Crippen LogP contribution < -0.4 is 0 Å². The first-order valence-electron chi connectivity index (χ1n) is 8.57. The van der Waals surface area contributed by atoms with Crippen molar-refractivity contribution >= 4 is 15.8 Å². The topological polar surface area (TPSA) is 54.5 Å². The average Bonchev–Trinajstić information content (AvgIpc) is 2.67. The summed E-state index contributed by atoms with van der Waals surface area (Å²) in [4.78, 5) is 11.8. The van der Waals surface area contributed by atoms with Gasteiger partial charge in [0.05, 0.1) is 10.5 Å². The van der Waals surface area contributed by atoms with Crippen molar-refractivity contribution in [3.05, 3.63) is 65.5 Å². The summed E-state index contributed by atoms with van der Waals surface area (Å²) >= 11 is 0. The fourth-order valence-corrected chi connectivity index (χ4v) is 5.03. The van der Waals surface area contributed by atoms with E-state index in [0.29, 0.717) is 12.8 Å². The first-order valence-corrected chi connectivity index (χ1v) is 10.0.